The molecule has 0 aliphatic heterocycles. The van der Waals surface area contributed by atoms with Crippen molar-refractivity contribution in [2.24, 2.45) is 5.92 Å². The second kappa shape index (κ2) is 6.14. The molecule has 1 rings (SSSR count). The Labute approximate surface area is 106 Å². The average molecular weight is 250 g/mol. The lowest BCUT2D eigenvalue weighted by Crippen LogP contribution is -2.33. The van der Waals surface area contributed by atoms with Gasteiger partial charge in [0.25, 0.3) is 11.6 Å². The maximum Gasteiger partial charge on any atom is 0.270 e. The summed E-state index contributed by atoms with van der Waals surface area (Å²) in [6.07, 6.45) is 0.876. The van der Waals surface area contributed by atoms with E-state index >= 15 is 0 Å². The highest BCUT2D eigenvalue weighted by molar-refractivity contribution is 5.94. The smallest absolute Gasteiger partial charge is 0.270 e. The van der Waals surface area contributed by atoms with Gasteiger partial charge in [-0.05, 0) is 25.3 Å². The van der Waals surface area contributed by atoms with Gasteiger partial charge in [0, 0.05) is 23.7 Å². The number of amides is 1. The normalized spacial score (nSPS) is 12.2. The molecule has 0 heterocycles. The van der Waals surface area contributed by atoms with Crippen LogP contribution in [0.25, 0.3) is 0 Å². The summed E-state index contributed by atoms with van der Waals surface area (Å²) in [6, 6.07) is 5.80. The molecule has 0 aliphatic carbocycles. The van der Waals surface area contributed by atoms with Crippen LogP contribution in [0.1, 0.15) is 37.6 Å². The van der Waals surface area contributed by atoms with Gasteiger partial charge in [0.2, 0.25) is 0 Å². The Balaban J connectivity index is 2.72. The highest BCUT2D eigenvalue weighted by Gasteiger charge is 2.14. The molecule has 18 heavy (non-hydrogen) atoms. The van der Waals surface area contributed by atoms with Crippen molar-refractivity contribution in [3.63, 3.8) is 0 Å². The molecule has 0 aliphatic rings. The van der Waals surface area contributed by atoms with E-state index in [2.05, 4.69) is 19.2 Å². The van der Waals surface area contributed by atoms with Gasteiger partial charge in [-0.15, -0.1) is 0 Å². The van der Waals surface area contributed by atoms with Gasteiger partial charge in [0.15, 0.2) is 0 Å². The molecule has 0 unspecified atom stereocenters. The fourth-order valence-electron chi connectivity index (χ4n) is 1.83. The van der Waals surface area contributed by atoms with Crippen LogP contribution in [-0.4, -0.2) is 16.9 Å². The van der Waals surface area contributed by atoms with Crippen LogP contribution in [0.3, 0.4) is 0 Å². The molecular weight excluding hydrogens is 232 g/mol. The first-order valence-electron chi connectivity index (χ1n) is 5.95. The summed E-state index contributed by atoms with van der Waals surface area (Å²) >= 11 is 0. The first-order chi connectivity index (χ1) is 8.40. The van der Waals surface area contributed by atoms with Gasteiger partial charge in [-0.2, -0.15) is 0 Å². The zero-order chi connectivity index (χ0) is 13.7. The van der Waals surface area contributed by atoms with Gasteiger partial charge in [0.05, 0.1) is 4.92 Å². The third-order valence-electron chi connectivity index (χ3n) is 2.52. The summed E-state index contributed by atoms with van der Waals surface area (Å²) in [5.74, 6) is 0.220. The molecule has 1 atom stereocenters. The number of hydrogen-bond donors (Lipinski definition) is 1. The molecule has 1 aromatic carbocycles. The van der Waals surface area contributed by atoms with Crippen molar-refractivity contribution in [3.8, 4) is 0 Å². The molecule has 0 spiro atoms. The minimum atomic E-state index is -0.506. The number of nitro groups is 1. The Kier molecular flexibility index (Phi) is 4.83. The van der Waals surface area contributed by atoms with Crippen LogP contribution in [-0.2, 0) is 0 Å². The van der Waals surface area contributed by atoms with E-state index in [9.17, 15) is 14.9 Å². The second-order valence-electron chi connectivity index (χ2n) is 4.81. The number of carbonyl (C=O) groups excluding carboxylic acids is 1. The van der Waals surface area contributed by atoms with E-state index in [1.165, 1.54) is 18.2 Å². The predicted octanol–water partition coefficient (Wildman–Crippen LogP) is 2.76. The zero-order valence-electron chi connectivity index (χ0n) is 10.8. The minimum Gasteiger partial charge on any atom is -0.350 e. The predicted molar refractivity (Wildman–Crippen MR) is 69.5 cm³/mol. The molecule has 1 amide bonds. The van der Waals surface area contributed by atoms with Crippen molar-refractivity contribution in [1.29, 1.82) is 0 Å². The van der Waals surface area contributed by atoms with Crippen molar-refractivity contribution in [2.45, 2.75) is 33.2 Å². The summed E-state index contributed by atoms with van der Waals surface area (Å²) in [5, 5.41) is 13.4. The molecule has 5 nitrogen and oxygen atoms in total. The van der Waals surface area contributed by atoms with Crippen molar-refractivity contribution in [2.75, 3.05) is 0 Å². The highest BCUT2D eigenvalue weighted by Crippen LogP contribution is 2.13. The average Bonchev–Trinajstić information content (AvgIpc) is 2.27. The van der Waals surface area contributed by atoms with Gasteiger partial charge < -0.3 is 5.32 Å². The summed E-state index contributed by atoms with van der Waals surface area (Å²) in [5.41, 5.74) is 0.249. The SMILES string of the molecule is CC(C)C[C@@H](C)NC(=O)c1cccc([N+](=O)[O-])c1. The van der Waals surface area contributed by atoms with Crippen molar-refractivity contribution in [3.05, 3.63) is 39.9 Å². The maximum atomic E-state index is 11.9. The number of rotatable bonds is 5. The summed E-state index contributed by atoms with van der Waals surface area (Å²) in [7, 11) is 0. The van der Waals surface area contributed by atoms with E-state index in [-0.39, 0.29) is 17.6 Å². The number of benzene rings is 1. The number of nitro benzene ring substituents is 1. The summed E-state index contributed by atoms with van der Waals surface area (Å²) in [6.45, 7) is 6.08. The number of non-ortho nitro benzene ring substituents is 1. The third-order valence-corrected chi connectivity index (χ3v) is 2.52. The quantitative estimate of drug-likeness (QED) is 0.645. The first-order valence-corrected chi connectivity index (χ1v) is 5.95. The van der Waals surface area contributed by atoms with Gasteiger partial charge in [0.1, 0.15) is 0 Å². The molecule has 5 heteroatoms. The lowest BCUT2D eigenvalue weighted by molar-refractivity contribution is -0.384. The molecule has 0 fully saturated rings. The van der Waals surface area contributed by atoms with E-state index in [4.69, 9.17) is 0 Å². The fourth-order valence-corrected chi connectivity index (χ4v) is 1.83. The van der Waals surface area contributed by atoms with Gasteiger partial charge in [-0.3, -0.25) is 14.9 Å². The molecule has 98 valence electrons. The molecule has 0 aromatic heterocycles. The van der Waals surface area contributed by atoms with Crippen LogP contribution < -0.4 is 5.32 Å². The van der Waals surface area contributed by atoms with Crippen LogP contribution in [0.5, 0.6) is 0 Å². The van der Waals surface area contributed by atoms with Crippen LogP contribution in [0, 0.1) is 16.0 Å². The number of nitrogens with zero attached hydrogens (tertiary/aromatic N) is 1. The van der Waals surface area contributed by atoms with E-state index in [1.807, 2.05) is 6.92 Å². The molecular formula is C13H18N2O3. The second-order valence-corrected chi connectivity index (χ2v) is 4.81. The first kappa shape index (κ1) is 14.2. The fraction of sp³-hybridized carbons (Fsp3) is 0.462. The van der Waals surface area contributed by atoms with Crippen LogP contribution in [0.15, 0.2) is 24.3 Å². The lowest BCUT2D eigenvalue weighted by Gasteiger charge is -2.15. The molecule has 1 aromatic rings. The Bertz CT molecular complexity index is 444. The highest BCUT2D eigenvalue weighted by atomic mass is 16.6. The minimum absolute atomic E-state index is 0.0526. The van der Waals surface area contributed by atoms with E-state index < -0.39 is 4.92 Å². The van der Waals surface area contributed by atoms with E-state index in [0.29, 0.717) is 11.5 Å². The van der Waals surface area contributed by atoms with E-state index in [0.717, 1.165) is 6.42 Å². The van der Waals surface area contributed by atoms with Crippen molar-refractivity contribution >= 4 is 11.6 Å². The largest absolute Gasteiger partial charge is 0.350 e. The number of carbonyl (C=O) groups is 1. The lowest BCUT2D eigenvalue weighted by atomic mass is 10.0. The molecule has 0 bridgehead atoms. The van der Waals surface area contributed by atoms with Gasteiger partial charge in [-0.25, -0.2) is 0 Å². The maximum absolute atomic E-state index is 11.9. The molecule has 1 N–H and O–H groups in total. The van der Waals surface area contributed by atoms with E-state index in [1.54, 1.807) is 6.07 Å². The summed E-state index contributed by atoms with van der Waals surface area (Å²) < 4.78 is 0. The Morgan fingerprint density at radius 2 is 2.06 bits per heavy atom. The van der Waals surface area contributed by atoms with Crippen LogP contribution in [0.2, 0.25) is 0 Å². The molecule has 0 saturated carbocycles. The number of hydrogen-bond acceptors (Lipinski definition) is 3. The molecule has 0 radical (unpaired) electrons. The summed E-state index contributed by atoms with van der Waals surface area (Å²) in [4.78, 5) is 22.0. The number of nitrogens with one attached hydrogen (secondary N) is 1. The van der Waals surface area contributed by atoms with Gasteiger partial charge >= 0.3 is 0 Å². The Hall–Kier alpha value is -1.91. The Morgan fingerprint density at radius 1 is 1.39 bits per heavy atom. The van der Waals surface area contributed by atoms with Crippen molar-refractivity contribution in [1.82, 2.24) is 5.32 Å². The van der Waals surface area contributed by atoms with Crippen molar-refractivity contribution < 1.29 is 9.72 Å². The molecule has 0 saturated heterocycles. The zero-order valence-corrected chi connectivity index (χ0v) is 10.8. The van der Waals surface area contributed by atoms with Gasteiger partial charge in [-0.1, -0.05) is 19.9 Å². The topological polar surface area (TPSA) is 72.2 Å². The third kappa shape index (κ3) is 4.16. The standard InChI is InChI=1S/C13H18N2O3/c1-9(2)7-10(3)14-13(16)11-5-4-6-12(8-11)15(17)18/h4-6,8-10H,7H2,1-3H3,(H,14,16)/t10-/m1/s1. The Morgan fingerprint density at radius 3 is 2.61 bits per heavy atom. The van der Waals surface area contributed by atoms with Crippen LogP contribution >= 0.6 is 0 Å². The van der Waals surface area contributed by atoms with Crippen LogP contribution in [0.4, 0.5) is 5.69 Å². The monoisotopic (exact) mass is 250 g/mol.